The van der Waals surface area contributed by atoms with Gasteiger partial charge < -0.3 is 15.0 Å². The molecule has 0 amide bonds. The van der Waals surface area contributed by atoms with Crippen LogP contribution in [0, 0.1) is 17.5 Å². The molecule has 11 heteroatoms. The van der Waals surface area contributed by atoms with Gasteiger partial charge in [0.25, 0.3) is 0 Å². The molecule has 1 N–H and O–H groups in total. The Kier molecular flexibility index (Phi) is 6.46. The third-order valence-corrected chi connectivity index (χ3v) is 8.97. The number of likely N-dealkylation sites (N-methyl/N-ethyl adjacent to an activating group) is 1. The molecule has 4 aromatic rings. The summed E-state index contributed by atoms with van der Waals surface area (Å²) in [7, 11) is 1.90. The van der Waals surface area contributed by atoms with Crippen LogP contribution in [0.3, 0.4) is 0 Å². The minimum absolute atomic E-state index is 0.0101. The first-order chi connectivity index (χ1) is 19.8. The van der Waals surface area contributed by atoms with E-state index in [1.807, 2.05) is 11.9 Å². The zero-order valence-corrected chi connectivity index (χ0v) is 22.6. The van der Waals surface area contributed by atoms with Gasteiger partial charge >= 0.3 is 6.01 Å². The van der Waals surface area contributed by atoms with Crippen molar-refractivity contribution in [1.29, 1.82) is 0 Å². The van der Waals surface area contributed by atoms with E-state index in [-0.39, 0.29) is 29.9 Å². The molecule has 3 aliphatic rings. The number of alkyl halides is 1. The topological polar surface area (TPSA) is 66.4 Å². The van der Waals surface area contributed by atoms with Gasteiger partial charge in [0.2, 0.25) is 0 Å². The lowest BCUT2D eigenvalue weighted by molar-refractivity contribution is 0.107. The van der Waals surface area contributed by atoms with Gasteiger partial charge in [-0.15, -0.1) is 0 Å². The summed E-state index contributed by atoms with van der Waals surface area (Å²) < 4.78 is 65.0. The van der Waals surface area contributed by atoms with Gasteiger partial charge in [-0.25, -0.2) is 17.6 Å². The van der Waals surface area contributed by atoms with Gasteiger partial charge in [0.15, 0.2) is 17.5 Å². The fourth-order valence-electron chi connectivity index (χ4n) is 6.81. The first-order valence-electron chi connectivity index (χ1n) is 14.0. The molecule has 214 valence electrons. The Hall–Kier alpha value is -3.57. The number of rotatable bonds is 6. The van der Waals surface area contributed by atoms with Gasteiger partial charge in [-0.05, 0) is 55.3 Å². The Labute approximate surface area is 234 Å². The second-order valence-electron chi connectivity index (χ2n) is 11.4. The van der Waals surface area contributed by atoms with E-state index < -0.39 is 29.2 Å². The molecule has 3 atom stereocenters. The minimum atomic E-state index is -1.03. The van der Waals surface area contributed by atoms with Crippen molar-refractivity contribution in [1.82, 2.24) is 25.2 Å². The van der Waals surface area contributed by atoms with Crippen molar-refractivity contribution < 1.29 is 22.3 Å². The lowest BCUT2D eigenvalue weighted by Crippen LogP contribution is -2.43. The Balaban J connectivity index is 1.34. The Morgan fingerprint density at radius 2 is 2.00 bits per heavy atom. The van der Waals surface area contributed by atoms with Gasteiger partial charge in [-0.3, -0.25) is 9.88 Å². The number of benzene rings is 2. The predicted molar refractivity (Wildman–Crippen MR) is 148 cm³/mol. The second kappa shape index (κ2) is 10.1. The highest BCUT2D eigenvalue weighted by molar-refractivity contribution is 5.99. The number of nitrogens with zero attached hydrogens (tertiary/aromatic N) is 5. The van der Waals surface area contributed by atoms with Crippen molar-refractivity contribution in [2.24, 2.45) is 0 Å². The summed E-state index contributed by atoms with van der Waals surface area (Å²) in [6, 6.07) is 7.18. The molecule has 2 aromatic carbocycles. The number of aromatic nitrogens is 3. The van der Waals surface area contributed by atoms with E-state index in [1.165, 1.54) is 6.20 Å². The van der Waals surface area contributed by atoms with Crippen molar-refractivity contribution in [2.75, 3.05) is 44.7 Å². The van der Waals surface area contributed by atoms with Crippen LogP contribution < -0.4 is 15.0 Å². The standard InChI is InChI=1S/C30H30F4N6O/c1-39(19-6-8-35-13-19)28-22-14-36-26(20-5-2-4-17-10-23(32)24(33)11-21(17)20)25(34)27(22)37-29(38-28)41-16-30-7-3-9-40(30)15-18(31)12-30/h2,4-5,10-11,14,18-19,35H,3,6-9,12-13,15-16H2,1H3/t18-,19-,30+/m1/s1. The molecule has 0 saturated carbocycles. The average Bonchev–Trinajstić information content (AvgIpc) is 3.69. The highest BCUT2D eigenvalue weighted by Crippen LogP contribution is 2.41. The molecule has 5 heterocycles. The van der Waals surface area contributed by atoms with Crippen molar-refractivity contribution >= 4 is 27.5 Å². The number of fused-ring (bicyclic) bond motifs is 3. The quantitative estimate of drug-likeness (QED) is 0.329. The van der Waals surface area contributed by atoms with E-state index in [9.17, 15) is 13.2 Å². The molecule has 2 aromatic heterocycles. The van der Waals surface area contributed by atoms with E-state index in [4.69, 9.17) is 9.72 Å². The highest BCUT2D eigenvalue weighted by Gasteiger charge is 2.49. The van der Waals surface area contributed by atoms with Crippen LogP contribution in [0.25, 0.3) is 32.9 Å². The Bertz CT molecular complexity index is 1650. The van der Waals surface area contributed by atoms with Gasteiger partial charge in [0.1, 0.15) is 29.8 Å². The third-order valence-electron chi connectivity index (χ3n) is 8.97. The molecule has 0 bridgehead atoms. The number of ether oxygens (including phenoxy) is 1. The van der Waals surface area contributed by atoms with E-state index in [0.29, 0.717) is 40.5 Å². The fraction of sp³-hybridized carbons (Fsp3) is 0.433. The number of nitrogens with one attached hydrogen (secondary N) is 1. The molecule has 3 saturated heterocycles. The minimum Gasteiger partial charge on any atom is -0.461 e. The largest absolute Gasteiger partial charge is 0.461 e. The van der Waals surface area contributed by atoms with Gasteiger partial charge in [-0.2, -0.15) is 9.97 Å². The summed E-state index contributed by atoms with van der Waals surface area (Å²) in [5.74, 6) is -2.23. The molecular weight excluding hydrogens is 536 g/mol. The maximum atomic E-state index is 16.4. The maximum Gasteiger partial charge on any atom is 0.319 e. The summed E-state index contributed by atoms with van der Waals surface area (Å²) in [5, 5.41) is 4.51. The van der Waals surface area contributed by atoms with Gasteiger partial charge in [0.05, 0.1) is 10.9 Å². The van der Waals surface area contributed by atoms with Gasteiger partial charge in [-0.1, -0.05) is 18.2 Å². The van der Waals surface area contributed by atoms with Crippen molar-refractivity contribution in [3.63, 3.8) is 0 Å². The molecule has 0 unspecified atom stereocenters. The first kappa shape index (κ1) is 26.3. The molecule has 7 rings (SSSR count). The van der Waals surface area contributed by atoms with Crippen LogP contribution in [-0.4, -0.2) is 77.4 Å². The zero-order chi connectivity index (χ0) is 28.3. The van der Waals surface area contributed by atoms with Crippen LogP contribution in [0.1, 0.15) is 25.7 Å². The van der Waals surface area contributed by atoms with Crippen LogP contribution in [0.4, 0.5) is 23.4 Å². The van der Waals surface area contributed by atoms with Crippen molar-refractivity contribution in [2.45, 2.75) is 43.4 Å². The second-order valence-corrected chi connectivity index (χ2v) is 11.4. The first-order valence-corrected chi connectivity index (χ1v) is 14.0. The van der Waals surface area contributed by atoms with E-state index in [1.54, 1.807) is 18.2 Å². The Morgan fingerprint density at radius 3 is 2.83 bits per heavy atom. The molecule has 41 heavy (non-hydrogen) atoms. The predicted octanol–water partition coefficient (Wildman–Crippen LogP) is 5.02. The number of hydrogen-bond donors (Lipinski definition) is 1. The van der Waals surface area contributed by atoms with Crippen LogP contribution in [0.2, 0.25) is 0 Å². The normalized spacial score (nSPS) is 24.4. The molecule has 3 fully saturated rings. The summed E-state index contributed by atoms with van der Waals surface area (Å²) in [6.07, 6.45) is 3.69. The summed E-state index contributed by atoms with van der Waals surface area (Å²) in [6.45, 7) is 3.04. The molecule has 0 spiro atoms. The Morgan fingerprint density at radius 1 is 1.15 bits per heavy atom. The zero-order valence-electron chi connectivity index (χ0n) is 22.6. The molecular formula is C30H30F4N6O. The van der Waals surface area contributed by atoms with Crippen LogP contribution in [-0.2, 0) is 0 Å². The number of anilines is 1. The molecule has 3 aliphatic heterocycles. The number of halogens is 4. The third kappa shape index (κ3) is 4.46. The maximum absolute atomic E-state index is 16.4. The molecule has 0 aliphatic carbocycles. The van der Waals surface area contributed by atoms with Gasteiger partial charge in [0, 0.05) is 44.4 Å². The lowest BCUT2D eigenvalue weighted by atomic mass is 9.95. The van der Waals surface area contributed by atoms with E-state index in [0.717, 1.165) is 51.0 Å². The highest BCUT2D eigenvalue weighted by atomic mass is 19.2. The summed E-state index contributed by atoms with van der Waals surface area (Å²) in [5.41, 5.74) is -0.115. The number of hydrogen-bond acceptors (Lipinski definition) is 7. The smallest absolute Gasteiger partial charge is 0.319 e. The van der Waals surface area contributed by atoms with Crippen molar-refractivity contribution in [3.8, 4) is 17.3 Å². The average molecular weight is 567 g/mol. The van der Waals surface area contributed by atoms with Crippen LogP contribution in [0.5, 0.6) is 6.01 Å². The SMILES string of the molecule is CN(c1nc(OC[C@@]23CCCN2C[C@H](F)C3)nc2c(F)c(-c3cccc4cc(F)c(F)cc34)ncc12)[C@@H]1CCNC1. The summed E-state index contributed by atoms with van der Waals surface area (Å²) >= 11 is 0. The van der Waals surface area contributed by atoms with Crippen LogP contribution in [0.15, 0.2) is 36.5 Å². The monoisotopic (exact) mass is 566 g/mol. The lowest BCUT2D eigenvalue weighted by Gasteiger charge is -2.31. The number of pyridine rings is 1. The van der Waals surface area contributed by atoms with Crippen LogP contribution >= 0.6 is 0 Å². The van der Waals surface area contributed by atoms with E-state index in [2.05, 4.69) is 20.2 Å². The fourth-order valence-corrected chi connectivity index (χ4v) is 6.81. The summed E-state index contributed by atoms with van der Waals surface area (Å²) in [4.78, 5) is 17.8. The van der Waals surface area contributed by atoms with E-state index >= 15 is 4.39 Å². The molecule has 0 radical (unpaired) electrons. The van der Waals surface area contributed by atoms with Crippen molar-refractivity contribution in [3.05, 3.63) is 54.0 Å². The molecule has 7 nitrogen and oxygen atoms in total.